The van der Waals surface area contributed by atoms with Gasteiger partial charge in [-0.25, -0.2) is 0 Å². The Labute approximate surface area is 131 Å². The highest BCUT2D eigenvalue weighted by Crippen LogP contribution is 2.48. The van der Waals surface area contributed by atoms with Gasteiger partial charge in [-0.2, -0.15) is 0 Å². The molecule has 2 aromatic rings. The predicted molar refractivity (Wildman–Crippen MR) is 86.1 cm³/mol. The molecule has 5 heteroatoms. The third-order valence-electron chi connectivity index (χ3n) is 4.39. The number of nitro benzene ring substituents is 1. The third kappa shape index (κ3) is 2.29. The fraction of sp³-hybridized carbons (Fsp3) is 0.375. The molecule has 0 radical (unpaired) electrons. The van der Waals surface area contributed by atoms with Crippen LogP contribution in [0.4, 0.5) is 5.69 Å². The molecule has 110 valence electrons. The van der Waals surface area contributed by atoms with Crippen LogP contribution in [0.25, 0.3) is 10.8 Å². The molecule has 0 aliphatic heterocycles. The van der Waals surface area contributed by atoms with E-state index in [1.165, 1.54) is 6.07 Å². The number of hydrogen-bond donors (Lipinski definition) is 0. The van der Waals surface area contributed by atoms with E-state index in [1.54, 1.807) is 18.2 Å². The Kier molecular flexibility index (Phi) is 3.40. The summed E-state index contributed by atoms with van der Waals surface area (Å²) >= 11 is 3.65. The number of non-ortho nitro benzene ring substituents is 1. The lowest BCUT2D eigenvalue weighted by Gasteiger charge is -2.48. The number of hydrogen-bond acceptors (Lipinski definition) is 3. The second kappa shape index (κ2) is 4.98. The number of nitro groups is 1. The van der Waals surface area contributed by atoms with Crippen LogP contribution in [-0.2, 0) is 0 Å². The van der Waals surface area contributed by atoms with Crippen LogP contribution in [0.5, 0.6) is 5.75 Å². The highest BCUT2D eigenvalue weighted by Gasteiger charge is 2.48. The molecule has 0 aromatic heterocycles. The average molecular weight is 350 g/mol. The Morgan fingerprint density at radius 3 is 2.48 bits per heavy atom. The summed E-state index contributed by atoms with van der Waals surface area (Å²) in [6.45, 7) is 4.32. The van der Waals surface area contributed by atoms with Crippen LogP contribution in [0, 0.1) is 15.5 Å². The van der Waals surface area contributed by atoms with Crippen molar-refractivity contribution in [3.8, 4) is 5.75 Å². The van der Waals surface area contributed by atoms with Gasteiger partial charge >= 0.3 is 0 Å². The van der Waals surface area contributed by atoms with Crippen molar-refractivity contribution < 1.29 is 9.66 Å². The van der Waals surface area contributed by atoms with Crippen molar-refractivity contribution in [3.63, 3.8) is 0 Å². The van der Waals surface area contributed by atoms with Crippen LogP contribution in [0.15, 0.2) is 36.4 Å². The summed E-state index contributed by atoms with van der Waals surface area (Å²) in [7, 11) is 0. The first-order chi connectivity index (χ1) is 9.91. The number of benzene rings is 2. The van der Waals surface area contributed by atoms with E-state index in [9.17, 15) is 10.1 Å². The number of alkyl halides is 1. The SMILES string of the molecule is CC1(C)C(Br)CC1Oc1ccc([N+](=O)[O-])c2ccccc12. The van der Waals surface area contributed by atoms with E-state index in [1.807, 2.05) is 12.1 Å². The lowest BCUT2D eigenvalue weighted by Crippen LogP contribution is -2.53. The molecule has 1 fully saturated rings. The van der Waals surface area contributed by atoms with Gasteiger partial charge in [-0.1, -0.05) is 48.0 Å². The van der Waals surface area contributed by atoms with Crippen molar-refractivity contribution in [3.05, 3.63) is 46.5 Å². The molecule has 1 aliphatic rings. The van der Waals surface area contributed by atoms with Gasteiger partial charge in [0.2, 0.25) is 0 Å². The van der Waals surface area contributed by atoms with Crippen molar-refractivity contribution in [2.75, 3.05) is 0 Å². The molecule has 2 atom stereocenters. The van der Waals surface area contributed by atoms with Gasteiger partial charge in [-0.15, -0.1) is 0 Å². The van der Waals surface area contributed by atoms with Crippen LogP contribution in [0.1, 0.15) is 20.3 Å². The van der Waals surface area contributed by atoms with Gasteiger partial charge in [0.25, 0.3) is 5.69 Å². The minimum absolute atomic E-state index is 0.0584. The first-order valence-corrected chi connectivity index (χ1v) is 7.79. The summed E-state index contributed by atoms with van der Waals surface area (Å²) in [6, 6.07) is 10.5. The minimum Gasteiger partial charge on any atom is -0.489 e. The summed E-state index contributed by atoms with van der Waals surface area (Å²) in [5, 5.41) is 12.5. The molecule has 4 nitrogen and oxygen atoms in total. The molecule has 2 unspecified atom stereocenters. The molecule has 0 bridgehead atoms. The second-order valence-electron chi connectivity index (χ2n) is 6.02. The van der Waals surface area contributed by atoms with Gasteiger partial charge in [0.1, 0.15) is 11.9 Å². The molecule has 3 rings (SSSR count). The number of nitrogens with zero attached hydrogens (tertiary/aromatic N) is 1. The first kappa shape index (κ1) is 14.3. The van der Waals surface area contributed by atoms with Gasteiger partial charge in [0.05, 0.1) is 10.3 Å². The second-order valence-corrected chi connectivity index (χ2v) is 7.12. The summed E-state index contributed by atoms with van der Waals surface area (Å²) in [5.74, 6) is 0.716. The van der Waals surface area contributed by atoms with Crippen molar-refractivity contribution in [1.82, 2.24) is 0 Å². The molecule has 1 aliphatic carbocycles. The van der Waals surface area contributed by atoms with Crippen LogP contribution in [-0.4, -0.2) is 15.9 Å². The van der Waals surface area contributed by atoms with Crippen LogP contribution in [0.3, 0.4) is 0 Å². The topological polar surface area (TPSA) is 52.4 Å². The van der Waals surface area contributed by atoms with Crippen LogP contribution in [0.2, 0.25) is 0 Å². The van der Waals surface area contributed by atoms with Gasteiger partial charge in [0.15, 0.2) is 0 Å². The largest absolute Gasteiger partial charge is 0.489 e. The number of ether oxygens (including phenoxy) is 1. The maximum absolute atomic E-state index is 11.1. The minimum atomic E-state index is -0.353. The van der Waals surface area contributed by atoms with Gasteiger partial charge < -0.3 is 4.74 Å². The Morgan fingerprint density at radius 2 is 1.90 bits per heavy atom. The number of rotatable bonds is 3. The fourth-order valence-corrected chi connectivity index (χ4v) is 3.34. The molecule has 2 aromatic carbocycles. The van der Waals surface area contributed by atoms with E-state index in [-0.39, 0.29) is 22.1 Å². The standard InChI is InChI=1S/C16H16BrNO3/c1-16(2)14(17)9-15(16)21-13-8-7-12(18(19)20)10-5-3-4-6-11(10)13/h3-8,14-15H,9H2,1-2H3. The van der Waals surface area contributed by atoms with E-state index in [0.717, 1.165) is 11.8 Å². The molecule has 0 spiro atoms. The molecule has 1 saturated carbocycles. The van der Waals surface area contributed by atoms with Crippen LogP contribution >= 0.6 is 15.9 Å². The Morgan fingerprint density at radius 1 is 1.24 bits per heavy atom. The quantitative estimate of drug-likeness (QED) is 0.458. The van der Waals surface area contributed by atoms with Crippen molar-refractivity contribution in [2.24, 2.45) is 5.41 Å². The number of fused-ring (bicyclic) bond motifs is 1. The maximum atomic E-state index is 11.1. The zero-order chi connectivity index (χ0) is 15.2. The Bertz CT molecular complexity index is 714. The molecule has 21 heavy (non-hydrogen) atoms. The van der Waals surface area contributed by atoms with Gasteiger partial charge in [-0.3, -0.25) is 10.1 Å². The lowest BCUT2D eigenvalue weighted by atomic mass is 9.69. The smallest absolute Gasteiger partial charge is 0.277 e. The summed E-state index contributed by atoms with van der Waals surface area (Å²) in [5.41, 5.74) is 0.173. The highest BCUT2D eigenvalue weighted by atomic mass is 79.9. The first-order valence-electron chi connectivity index (χ1n) is 6.88. The summed E-state index contributed by atoms with van der Waals surface area (Å²) in [4.78, 5) is 11.2. The van der Waals surface area contributed by atoms with E-state index >= 15 is 0 Å². The molecule has 0 amide bonds. The normalized spacial score (nSPS) is 23.6. The van der Waals surface area contributed by atoms with E-state index < -0.39 is 0 Å². The molecule has 0 heterocycles. The number of halogens is 1. The van der Waals surface area contributed by atoms with E-state index in [4.69, 9.17) is 4.74 Å². The van der Waals surface area contributed by atoms with Gasteiger partial charge in [-0.05, 0) is 18.6 Å². The molecule has 0 saturated heterocycles. The average Bonchev–Trinajstić information content (AvgIpc) is 2.46. The summed E-state index contributed by atoms with van der Waals surface area (Å²) < 4.78 is 6.13. The zero-order valence-electron chi connectivity index (χ0n) is 11.9. The Hall–Kier alpha value is -1.62. The van der Waals surface area contributed by atoms with Gasteiger partial charge in [0, 0.05) is 21.7 Å². The maximum Gasteiger partial charge on any atom is 0.277 e. The Balaban J connectivity index is 2.01. The monoisotopic (exact) mass is 349 g/mol. The fourth-order valence-electron chi connectivity index (χ4n) is 2.71. The molecule has 0 N–H and O–H groups in total. The zero-order valence-corrected chi connectivity index (χ0v) is 13.5. The van der Waals surface area contributed by atoms with Crippen LogP contribution < -0.4 is 4.74 Å². The van der Waals surface area contributed by atoms with Crippen molar-refractivity contribution in [2.45, 2.75) is 31.2 Å². The summed E-state index contributed by atoms with van der Waals surface area (Å²) in [6.07, 6.45) is 1.06. The molecular formula is C16H16BrNO3. The van der Waals surface area contributed by atoms with Crippen molar-refractivity contribution in [1.29, 1.82) is 0 Å². The molecular weight excluding hydrogens is 334 g/mol. The van der Waals surface area contributed by atoms with Crippen molar-refractivity contribution >= 4 is 32.4 Å². The highest BCUT2D eigenvalue weighted by molar-refractivity contribution is 9.09. The lowest BCUT2D eigenvalue weighted by molar-refractivity contribution is -0.383. The van der Waals surface area contributed by atoms with E-state index in [0.29, 0.717) is 16.0 Å². The predicted octanol–water partition coefficient (Wildman–Crippen LogP) is 4.69. The van der Waals surface area contributed by atoms with E-state index in [2.05, 4.69) is 29.8 Å². The third-order valence-corrected chi connectivity index (χ3v) is 5.94.